The number of rotatable bonds is 7. The molecule has 172 valence electrons. The third-order valence-corrected chi connectivity index (χ3v) is 5.07. The molecule has 0 saturated heterocycles. The zero-order chi connectivity index (χ0) is 24.8. The summed E-state index contributed by atoms with van der Waals surface area (Å²) in [5.41, 5.74) is 10.5. The maximum absolute atomic E-state index is 13.0. The van der Waals surface area contributed by atoms with Gasteiger partial charge in [-0.15, -0.1) is 0 Å². The molecule has 0 bridgehead atoms. The third kappa shape index (κ3) is 5.51. The molecule has 0 radical (unpaired) electrons. The van der Waals surface area contributed by atoms with E-state index in [0.29, 0.717) is 46.1 Å². The molecule has 8 nitrogen and oxygen atoms in total. The van der Waals surface area contributed by atoms with Crippen molar-refractivity contribution >= 4 is 24.3 Å². The predicted octanol–water partition coefficient (Wildman–Crippen LogP) is 4.36. The van der Waals surface area contributed by atoms with E-state index in [2.05, 4.69) is 21.0 Å². The molecule has 3 aromatic heterocycles. The number of carbonyl (C=O) groups excluding carboxylic acids is 1. The summed E-state index contributed by atoms with van der Waals surface area (Å²) in [7, 11) is 0. The van der Waals surface area contributed by atoms with Crippen molar-refractivity contribution in [1.29, 1.82) is 5.26 Å². The summed E-state index contributed by atoms with van der Waals surface area (Å²) in [6.07, 6.45) is 5.01. The van der Waals surface area contributed by atoms with E-state index < -0.39 is 6.04 Å². The van der Waals surface area contributed by atoms with Gasteiger partial charge in [-0.3, -0.25) is 14.5 Å². The smallest absolute Gasteiger partial charge is 0.325 e. The van der Waals surface area contributed by atoms with Gasteiger partial charge in [0.15, 0.2) is 5.82 Å². The van der Waals surface area contributed by atoms with Gasteiger partial charge in [0.1, 0.15) is 5.69 Å². The number of nitrogens with zero attached hydrogens (tertiary/aromatic N) is 6. The molecule has 1 aromatic carbocycles. The lowest BCUT2D eigenvalue weighted by atomic mass is 10.0. The van der Waals surface area contributed by atoms with Gasteiger partial charge in [0, 0.05) is 29.1 Å². The van der Waals surface area contributed by atoms with Crippen LogP contribution in [0, 0.1) is 18.3 Å². The Balaban J connectivity index is 1.88. The number of allylic oxidation sites excluding steroid dienone is 1. The van der Waals surface area contributed by atoms with Crippen LogP contribution >= 0.6 is 0 Å². The van der Waals surface area contributed by atoms with Gasteiger partial charge >= 0.3 is 6.04 Å². The van der Waals surface area contributed by atoms with Crippen molar-refractivity contribution in [3.63, 3.8) is 0 Å². The number of halogens is 1. The van der Waals surface area contributed by atoms with Gasteiger partial charge in [-0.25, -0.2) is 9.98 Å². The molecule has 2 N–H and O–H groups in total. The Morgan fingerprint density at radius 2 is 2.00 bits per heavy atom. The van der Waals surface area contributed by atoms with E-state index in [1.54, 1.807) is 28.9 Å². The molecule has 0 amide bonds. The Bertz CT molecular complexity index is 1500. The normalized spacial score (nSPS) is 11.2. The van der Waals surface area contributed by atoms with Crippen molar-refractivity contribution in [2.75, 3.05) is 0 Å². The molecule has 4 rings (SSSR count). The van der Waals surface area contributed by atoms with Crippen LogP contribution in [0.3, 0.4) is 0 Å². The van der Waals surface area contributed by atoms with E-state index in [1.165, 1.54) is 6.08 Å². The second kappa shape index (κ2) is 10.3. The fourth-order valence-corrected chi connectivity index (χ4v) is 3.60. The van der Waals surface area contributed by atoms with Gasteiger partial charge in [0.05, 0.1) is 35.9 Å². The minimum absolute atomic E-state index is 0.304. The van der Waals surface area contributed by atoms with E-state index >= 15 is 0 Å². The molecule has 3 heterocycles. The number of aromatic nitrogens is 4. The molecule has 0 aliphatic carbocycles. The molecular weight excluding hydrogens is 445 g/mol. The van der Waals surface area contributed by atoms with E-state index in [4.69, 9.17) is 10.8 Å². The molecule has 0 aliphatic rings. The van der Waals surface area contributed by atoms with Crippen LogP contribution in [-0.2, 0) is 11.3 Å². The zero-order valence-electron chi connectivity index (χ0n) is 18.8. The number of aryl methyl sites for hydroxylation is 1. The molecule has 9 heteroatoms. The standard InChI is InChI=1S/C26H20FN7O/c1-17-4-2-7-23(31-17)26-21(15-34(33-26)14-19-6-3-5-18(12-19)13-28)20-8-11-25(30-16-29)32-22(20)9-10-24(27)35/h2-12,15-16H,14H2,1H3,(H2,29,30,32)/b10-9+. The highest BCUT2D eigenvalue weighted by atomic mass is 19.1. The second-order valence-corrected chi connectivity index (χ2v) is 7.58. The molecule has 0 spiro atoms. The number of carbonyl (C=O) groups is 1. The van der Waals surface area contributed by atoms with Crippen LogP contribution in [0.15, 0.2) is 71.9 Å². The average Bonchev–Trinajstić information content (AvgIpc) is 3.26. The van der Waals surface area contributed by atoms with E-state index in [1.807, 2.05) is 43.5 Å². The summed E-state index contributed by atoms with van der Waals surface area (Å²) in [5.74, 6) is 0.304. The number of nitriles is 1. The molecule has 0 unspecified atom stereocenters. The van der Waals surface area contributed by atoms with Crippen molar-refractivity contribution in [2.24, 2.45) is 10.7 Å². The van der Waals surface area contributed by atoms with Gasteiger partial charge < -0.3 is 5.73 Å². The van der Waals surface area contributed by atoms with Gasteiger partial charge in [-0.1, -0.05) is 18.2 Å². The molecular formula is C26H20FN7O. The first-order chi connectivity index (χ1) is 17.0. The molecule has 0 fully saturated rings. The molecule has 35 heavy (non-hydrogen) atoms. The maximum atomic E-state index is 13.0. The summed E-state index contributed by atoms with van der Waals surface area (Å²) < 4.78 is 14.8. The quantitative estimate of drug-likeness (QED) is 0.187. The first-order valence-electron chi connectivity index (χ1n) is 10.6. The van der Waals surface area contributed by atoms with Gasteiger partial charge in [-0.05, 0) is 55.0 Å². The highest BCUT2D eigenvalue weighted by molar-refractivity contribution is 5.89. The van der Waals surface area contributed by atoms with Crippen LogP contribution in [0.5, 0.6) is 0 Å². The number of aliphatic imine (C=N–C) groups is 1. The summed E-state index contributed by atoms with van der Waals surface area (Å²) >= 11 is 0. The number of benzene rings is 1. The summed E-state index contributed by atoms with van der Waals surface area (Å²) in [4.78, 5) is 24.0. The molecule has 4 aromatic rings. The maximum Gasteiger partial charge on any atom is 0.325 e. The topological polar surface area (TPSA) is 123 Å². The number of hydrogen-bond donors (Lipinski definition) is 1. The van der Waals surface area contributed by atoms with Gasteiger partial charge in [0.2, 0.25) is 0 Å². The van der Waals surface area contributed by atoms with Crippen LogP contribution in [0.4, 0.5) is 10.2 Å². The Hall–Kier alpha value is -4.97. The van der Waals surface area contributed by atoms with E-state index in [-0.39, 0.29) is 0 Å². The van der Waals surface area contributed by atoms with E-state index in [9.17, 15) is 14.4 Å². The summed E-state index contributed by atoms with van der Waals surface area (Å²) in [5, 5.41) is 14.0. The number of pyridine rings is 2. The first-order valence-corrected chi connectivity index (χ1v) is 10.6. The SMILES string of the molecule is Cc1cccc(-c2nn(Cc3cccc(C#N)c3)cc2-c2ccc(N=CN)nc2/C=C/C(=O)F)n1. The first kappa shape index (κ1) is 23.2. The van der Waals surface area contributed by atoms with Crippen molar-refractivity contribution < 1.29 is 9.18 Å². The monoisotopic (exact) mass is 465 g/mol. The van der Waals surface area contributed by atoms with Gasteiger partial charge in [0.25, 0.3) is 0 Å². The van der Waals surface area contributed by atoms with Crippen LogP contribution in [-0.4, -0.2) is 32.1 Å². The predicted molar refractivity (Wildman–Crippen MR) is 131 cm³/mol. The second-order valence-electron chi connectivity index (χ2n) is 7.58. The van der Waals surface area contributed by atoms with Gasteiger partial charge in [-0.2, -0.15) is 14.8 Å². The van der Waals surface area contributed by atoms with Crippen molar-refractivity contribution in [3.05, 3.63) is 89.4 Å². The Morgan fingerprint density at radius 1 is 1.17 bits per heavy atom. The minimum Gasteiger partial charge on any atom is -0.390 e. The van der Waals surface area contributed by atoms with Crippen LogP contribution in [0.25, 0.3) is 28.6 Å². The minimum atomic E-state index is -1.60. The highest BCUT2D eigenvalue weighted by Crippen LogP contribution is 2.34. The Labute approximate surface area is 200 Å². The average molecular weight is 465 g/mol. The summed E-state index contributed by atoms with van der Waals surface area (Å²) in [6, 6.07) is 16.8. The molecule has 0 atom stereocenters. The summed E-state index contributed by atoms with van der Waals surface area (Å²) in [6.45, 7) is 2.29. The van der Waals surface area contributed by atoms with Crippen molar-refractivity contribution in [1.82, 2.24) is 19.7 Å². The lowest BCUT2D eigenvalue weighted by molar-refractivity contribution is -0.124. The molecule has 0 aliphatic heterocycles. The van der Waals surface area contributed by atoms with Crippen molar-refractivity contribution in [3.8, 4) is 28.6 Å². The number of nitrogens with two attached hydrogens (primary N) is 1. The lowest BCUT2D eigenvalue weighted by Gasteiger charge is -2.07. The Kier molecular flexibility index (Phi) is 6.83. The zero-order valence-corrected chi connectivity index (χ0v) is 18.8. The van der Waals surface area contributed by atoms with Crippen LogP contribution < -0.4 is 5.73 Å². The third-order valence-electron chi connectivity index (χ3n) is 5.07. The fraction of sp³-hybridized carbons (Fsp3) is 0.0769. The largest absolute Gasteiger partial charge is 0.390 e. The highest BCUT2D eigenvalue weighted by Gasteiger charge is 2.18. The van der Waals surface area contributed by atoms with E-state index in [0.717, 1.165) is 23.7 Å². The lowest BCUT2D eigenvalue weighted by Crippen LogP contribution is -2.01. The molecule has 0 saturated carbocycles. The van der Waals surface area contributed by atoms with Crippen LogP contribution in [0.1, 0.15) is 22.5 Å². The Morgan fingerprint density at radius 3 is 2.74 bits per heavy atom. The van der Waals surface area contributed by atoms with Crippen molar-refractivity contribution in [2.45, 2.75) is 13.5 Å². The number of hydrogen-bond acceptors (Lipinski definition) is 6. The van der Waals surface area contributed by atoms with Crippen LogP contribution in [0.2, 0.25) is 0 Å². The fourth-order valence-electron chi connectivity index (χ4n) is 3.60.